The molecule has 15 heavy (non-hydrogen) atoms. The monoisotopic (exact) mass is 324 g/mol. The largest absolute Gasteiger partial charge is 0.376 e. The van der Waals surface area contributed by atoms with E-state index >= 15 is 0 Å². The number of carbonyl (C=O) groups excluding carboxylic acids is 1. The molecule has 86 valence electrons. The van der Waals surface area contributed by atoms with Crippen LogP contribution in [-0.4, -0.2) is 30.9 Å². The molecule has 0 aliphatic carbocycles. The first-order valence-corrected chi connectivity index (χ1v) is 5.70. The van der Waals surface area contributed by atoms with Crippen molar-refractivity contribution in [1.29, 1.82) is 0 Å². The molecule has 0 spiro atoms. The van der Waals surface area contributed by atoms with Crippen LogP contribution in [0, 0.1) is 0 Å². The summed E-state index contributed by atoms with van der Waals surface area (Å²) in [6.45, 7) is 5.06. The predicted molar refractivity (Wildman–Crippen MR) is 70.0 cm³/mol. The minimum absolute atomic E-state index is 0.128. The first kappa shape index (κ1) is 14.4. The number of hydrogen-bond donors (Lipinski definition) is 0. The predicted octanol–water partition coefficient (Wildman–Crippen LogP) is 2.25. The van der Waals surface area contributed by atoms with E-state index < -0.39 is 0 Å². The van der Waals surface area contributed by atoms with E-state index in [1.165, 1.54) is 0 Å². The molecule has 1 heterocycles. The van der Waals surface area contributed by atoms with E-state index in [1.54, 1.807) is 29.3 Å². The number of ketones is 1. The van der Waals surface area contributed by atoms with Gasteiger partial charge in [-0.2, -0.15) is 0 Å². The number of allylic oxidation sites excluding steroid dienone is 2. The molecule has 0 saturated carbocycles. The highest BCUT2D eigenvalue weighted by molar-refractivity contribution is 14.1. The van der Waals surface area contributed by atoms with Gasteiger partial charge in [0.1, 0.15) is 0 Å². The van der Waals surface area contributed by atoms with Crippen LogP contribution in [0.3, 0.4) is 0 Å². The second-order valence-corrected chi connectivity index (χ2v) is 3.40. The van der Waals surface area contributed by atoms with Crippen molar-refractivity contribution in [3.8, 4) is 0 Å². The molecule has 1 aliphatic rings. The van der Waals surface area contributed by atoms with E-state index in [9.17, 15) is 4.79 Å². The number of likely N-dealkylation sites (N-methyl/N-ethyl adjacent to an activating group) is 1. The number of hydrogen-bond acceptors (Lipinski definition) is 4. The summed E-state index contributed by atoms with van der Waals surface area (Å²) in [7, 11) is 1.95. The van der Waals surface area contributed by atoms with Crippen LogP contribution in [0.5, 0.6) is 0 Å². The van der Waals surface area contributed by atoms with Gasteiger partial charge in [0, 0.05) is 47.8 Å². The van der Waals surface area contributed by atoms with Crippen molar-refractivity contribution in [2.45, 2.75) is 13.8 Å². The molecule has 0 saturated heterocycles. The SMILES string of the molecule is CC(=O)C1=CN(C)CC=C1.CCON=[IH]. The van der Waals surface area contributed by atoms with Crippen LogP contribution in [-0.2, 0) is 9.63 Å². The molecule has 1 aliphatic heterocycles. The van der Waals surface area contributed by atoms with E-state index in [2.05, 4.69) is 8.15 Å². The summed E-state index contributed by atoms with van der Waals surface area (Å²) in [5, 5.41) is 0. The van der Waals surface area contributed by atoms with Gasteiger partial charge in [-0.3, -0.25) is 4.79 Å². The van der Waals surface area contributed by atoms with Crippen molar-refractivity contribution in [3.05, 3.63) is 23.9 Å². The van der Waals surface area contributed by atoms with Gasteiger partial charge < -0.3 is 4.90 Å². The molecule has 1 rings (SSSR count). The van der Waals surface area contributed by atoms with Crippen molar-refractivity contribution in [2.24, 2.45) is 3.31 Å². The zero-order valence-electron chi connectivity index (χ0n) is 9.27. The fourth-order valence-corrected chi connectivity index (χ4v) is 1.24. The Labute approximate surface area is 104 Å². The number of rotatable bonds is 3. The van der Waals surface area contributed by atoms with Crippen LogP contribution >= 0.6 is 22.4 Å². The van der Waals surface area contributed by atoms with Gasteiger partial charge in [-0.05, 0) is 13.8 Å². The van der Waals surface area contributed by atoms with Gasteiger partial charge in [0.2, 0.25) is 0 Å². The molecule has 0 N–H and O–H groups in total. The van der Waals surface area contributed by atoms with Crippen molar-refractivity contribution in [3.63, 3.8) is 0 Å². The summed E-state index contributed by atoms with van der Waals surface area (Å²) < 4.78 is 3.36. The lowest BCUT2D eigenvalue weighted by Crippen LogP contribution is -2.15. The Hall–Kier alpha value is -0.560. The first-order valence-electron chi connectivity index (χ1n) is 4.66. The topological polar surface area (TPSA) is 41.9 Å². The Morgan fingerprint density at radius 3 is 2.67 bits per heavy atom. The van der Waals surface area contributed by atoms with Gasteiger partial charge >= 0.3 is 0 Å². The van der Waals surface area contributed by atoms with Gasteiger partial charge in [-0.15, -0.1) is 3.31 Å². The molecule has 0 atom stereocenters. The number of Topliss-reactive ketones (excluding diaryl/α,β-unsaturated/α-hetero) is 1. The third-order valence-electron chi connectivity index (χ3n) is 1.64. The second kappa shape index (κ2) is 8.72. The van der Waals surface area contributed by atoms with Crippen LogP contribution < -0.4 is 0 Å². The van der Waals surface area contributed by atoms with Crippen LogP contribution in [0.1, 0.15) is 13.8 Å². The molecular formula is C10H17IN2O2. The van der Waals surface area contributed by atoms with Crippen LogP contribution in [0.2, 0.25) is 0 Å². The zero-order valence-corrected chi connectivity index (χ0v) is 11.6. The third kappa shape index (κ3) is 7.38. The smallest absolute Gasteiger partial charge is 0.161 e. The zero-order chi connectivity index (χ0) is 11.7. The number of halogens is 1. The second-order valence-electron chi connectivity index (χ2n) is 2.97. The Morgan fingerprint density at radius 2 is 2.40 bits per heavy atom. The summed E-state index contributed by atoms with van der Waals surface area (Å²) in [6.07, 6.45) is 5.71. The fourth-order valence-electron chi connectivity index (χ4n) is 0.940. The lowest BCUT2D eigenvalue weighted by molar-refractivity contribution is -0.113. The Kier molecular flexibility index (Phi) is 8.40. The van der Waals surface area contributed by atoms with Gasteiger partial charge in [-0.1, -0.05) is 12.2 Å². The summed E-state index contributed by atoms with van der Waals surface area (Å²) in [6, 6.07) is 0. The molecule has 5 heteroatoms. The molecule has 0 bridgehead atoms. The van der Waals surface area contributed by atoms with Gasteiger partial charge in [0.25, 0.3) is 0 Å². The van der Waals surface area contributed by atoms with Crippen molar-refractivity contribution in [1.82, 2.24) is 4.90 Å². The van der Waals surface area contributed by atoms with Crippen molar-refractivity contribution < 1.29 is 9.63 Å². The average Bonchev–Trinajstić information content (AvgIpc) is 2.20. The molecule has 0 aromatic carbocycles. The highest BCUT2D eigenvalue weighted by atomic mass is 127. The Bertz CT molecular complexity index is 275. The van der Waals surface area contributed by atoms with Crippen LogP contribution in [0.4, 0.5) is 0 Å². The molecular weight excluding hydrogens is 307 g/mol. The van der Waals surface area contributed by atoms with Crippen molar-refractivity contribution >= 4 is 28.2 Å². The molecule has 0 amide bonds. The summed E-state index contributed by atoms with van der Waals surface area (Å²) in [4.78, 5) is 17.2. The van der Waals surface area contributed by atoms with Crippen molar-refractivity contribution in [2.75, 3.05) is 20.2 Å². The lowest BCUT2D eigenvalue weighted by Gasteiger charge is -2.15. The number of nitrogens with zero attached hydrogens (tertiary/aromatic N) is 2. The molecule has 0 radical (unpaired) electrons. The van der Waals surface area contributed by atoms with E-state index in [-0.39, 0.29) is 5.78 Å². The normalized spacial score (nSPS) is 13.9. The van der Waals surface area contributed by atoms with E-state index in [1.807, 2.05) is 37.2 Å². The van der Waals surface area contributed by atoms with Crippen LogP contribution in [0.25, 0.3) is 0 Å². The van der Waals surface area contributed by atoms with E-state index in [4.69, 9.17) is 0 Å². The van der Waals surface area contributed by atoms with E-state index in [0.717, 1.165) is 12.1 Å². The maximum Gasteiger partial charge on any atom is 0.161 e. The highest BCUT2D eigenvalue weighted by Crippen LogP contribution is 2.05. The minimum Gasteiger partial charge on any atom is -0.376 e. The number of carbonyl (C=O) groups is 1. The first-order chi connectivity index (χ1) is 7.11. The summed E-state index contributed by atoms with van der Waals surface area (Å²) in [5.41, 5.74) is 0.786. The van der Waals surface area contributed by atoms with E-state index in [0.29, 0.717) is 6.61 Å². The van der Waals surface area contributed by atoms with Gasteiger partial charge in [0.15, 0.2) is 5.78 Å². The maximum absolute atomic E-state index is 10.8. The summed E-state index contributed by atoms with van der Waals surface area (Å²) in [5.74, 6) is 0.128. The molecule has 0 aromatic rings. The standard InChI is InChI=1S/C8H11NO.C2H6INO/c1-7(10)8-4-3-5-9(2)6-8;1-2-5-4-3/h3-4,6H,5H2,1-2H3;3H,2H2,1H3. The lowest BCUT2D eigenvalue weighted by atomic mass is 10.1. The average molecular weight is 324 g/mol. The third-order valence-corrected chi connectivity index (χ3v) is 1.94. The molecule has 0 unspecified atom stereocenters. The Balaban J connectivity index is 0.000000336. The summed E-state index contributed by atoms with van der Waals surface area (Å²) >= 11 is 1.56. The highest BCUT2D eigenvalue weighted by Gasteiger charge is 2.03. The van der Waals surface area contributed by atoms with Gasteiger partial charge in [-0.25, -0.2) is 4.84 Å². The van der Waals surface area contributed by atoms with Gasteiger partial charge in [0.05, 0.1) is 6.61 Å². The molecule has 0 aromatic heterocycles. The van der Waals surface area contributed by atoms with Crippen LogP contribution in [0.15, 0.2) is 27.2 Å². The fraction of sp³-hybridized carbons (Fsp3) is 0.500. The quantitative estimate of drug-likeness (QED) is 0.591. The molecule has 4 nitrogen and oxygen atoms in total. The minimum atomic E-state index is 0.128. The Morgan fingerprint density at radius 1 is 1.73 bits per heavy atom. The maximum atomic E-state index is 10.8. The molecule has 0 fully saturated rings.